The van der Waals surface area contributed by atoms with E-state index in [1.54, 1.807) is 12.1 Å². The summed E-state index contributed by atoms with van der Waals surface area (Å²) in [5, 5.41) is 10.7. The Morgan fingerprint density at radius 3 is 2.84 bits per heavy atom. The quantitative estimate of drug-likeness (QED) is 0.680. The van der Waals surface area contributed by atoms with Crippen LogP contribution < -0.4 is 5.73 Å². The molecule has 2 atom stereocenters. The second kappa shape index (κ2) is 6.84. The summed E-state index contributed by atoms with van der Waals surface area (Å²) < 4.78 is 0. The maximum Gasteiger partial charge on any atom is 0.269 e. The molecule has 0 bridgehead atoms. The molecule has 5 nitrogen and oxygen atoms in total. The highest BCUT2D eigenvalue weighted by atomic mass is 35.5. The number of nitro benzene ring substituents is 1. The summed E-state index contributed by atoms with van der Waals surface area (Å²) in [5.74, 6) is 0.554. The van der Waals surface area contributed by atoms with Crippen molar-refractivity contribution in [3.63, 3.8) is 0 Å². The van der Waals surface area contributed by atoms with E-state index in [1.807, 2.05) is 6.07 Å². The maximum absolute atomic E-state index is 10.7. The van der Waals surface area contributed by atoms with Crippen molar-refractivity contribution in [1.29, 1.82) is 0 Å². The topological polar surface area (TPSA) is 72.4 Å². The summed E-state index contributed by atoms with van der Waals surface area (Å²) in [4.78, 5) is 12.7. The van der Waals surface area contributed by atoms with E-state index in [-0.39, 0.29) is 23.0 Å². The van der Waals surface area contributed by atoms with Gasteiger partial charge in [-0.3, -0.25) is 15.0 Å². The second-order valence-electron chi connectivity index (χ2n) is 5.04. The van der Waals surface area contributed by atoms with Crippen LogP contribution in [0.2, 0.25) is 0 Å². The van der Waals surface area contributed by atoms with Crippen LogP contribution in [0.25, 0.3) is 0 Å². The number of hydrogen-bond donors (Lipinski definition) is 1. The Morgan fingerprint density at radius 2 is 2.26 bits per heavy atom. The molecular formula is C13H20ClN3O2. The molecule has 1 aliphatic rings. The van der Waals surface area contributed by atoms with Crippen LogP contribution in [0, 0.1) is 16.0 Å². The lowest BCUT2D eigenvalue weighted by Crippen LogP contribution is -2.27. The van der Waals surface area contributed by atoms with E-state index in [2.05, 4.69) is 11.8 Å². The molecule has 0 amide bonds. The fourth-order valence-corrected chi connectivity index (χ4v) is 2.61. The van der Waals surface area contributed by atoms with Crippen LogP contribution >= 0.6 is 12.4 Å². The first-order valence-corrected chi connectivity index (χ1v) is 6.27. The predicted molar refractivity (Wildman–Crippen MR) is 77.4 cm³/mol. The summed E-state index contributed by atoms with van der Waals surface area (Å²) in [6.07, 6.45) is 1.12. The third kappa shape index (κ3) is 3.89. The Morgan fingerprint density at radius 1 is 1.53 bits per heavy atom. The van der Waals surface area contributed by atoms with E-state index in [4.69, 9.17) is 5.73 Å². The van der Waals surface area contributed by atoms with E-state index in [9.17, 15) is 10.1 Å². The van der Waals surface area contributed by atoms with E-state index in [1.165, 1.54) is 6.07 Å². The molecule has 6 heteroatoms. The van der Waals surface area contributed by atoms with Crippen molar-refractivity contribution in [3.05, 3.63) is 39.9 Å². The first kappa shape index (κ1) is 15.9. The van der Waals surface area contributed by atoms with Gasteiger partial charge in [0.25, 0.3) is 5.69 Å². The van der Waals surface area contributed by atoms with Gasteiger partial charge in [0, 0.05) is 31.3 Å². The first-order valence-electron chi connectivity index (χ1n) is 6.27. The van der Waals surface area contributed by atoms with Gasteiger partial charge >= 0.3 is 0 Å². The molecule has 2 N–H and O–H groups in total. The molecule has 0 radical (unpaired) electrons. The van der Waals surface area contributed by atoms with Gasteiger partial charge in [0.15, 0.2) is 0 Å². The summed E-state index contributed by atoms with van der Waals surface area (Å²) >= 11 is 0. The SMILES string of the molecule is CC1CC(CN)CN1Cc1cccc([N+](=O)[O-])c1.Cl. The smallest absolute Gasteiger partial charge is 0.269 e. The number of non-ortho nitro benzene ring substituents is 1. The van der Waals surface area contributed by atoms with E-state index in [0.717, 1.165) is 31.6 Å². The Labute approximate surface area is 119 Å². The molecule has 0 spiro atoms. The van der Waals surface area contributed by atoms with Gasteiger partial charge in [0.1, 0.15) is 0 Å². The van der Waals surface area contributed by atoms with Gasteiger partial charge in [-0.05, 0) is 31.4 Å². The number of likely N-dealkylation sites (tertiary alicyclic amines) is 1. The minimum Gasteiger partial charge on any atom is -0.330 e. The van der Waals surface area contributed by atoms with Crippen molar-refractivity contribution in [2.24, 2.45) is 11.7 Å². The van der Waals surface area contributed by atoms with E-state index < -0.39 is 0 Å². The Kier molecular flexibility index (Phi) is 5.72. The molecule has 0 aliphatic carbocycles. The van der Waals surface area contributed by atoms with Crippen LogP contribution in [-0.2, 0) is 6.54 Å². The van der Waals surface area contributed by atoms with E-state index >= 15 is 0 Å². The van der Waals surface area contributed by atoms with Gasteiger partial charge in [-0.15, -0.1) is 12.4 Å². The second-order valence-corrected chi connectivity index (χ2v) is 5.04. The molecule has 2 rings (SSSR count). The molecule has 0 saturated carbocycles. The molecular weight excluding hydrogens is 266 g/mol. The highest BCUT2D eigenvalue weighted by Gasteiger charge is 2.27. The Hall–Kier alpha value is -1.17. The van der Waals surface area contributed by atoms with Crippen LogP contribution in [0.1, 0.15) is 18.9 Å². The van der Waals surface area contributed by atoms with Gasteiger partial charge < -0.3 is 5.73 Å². The fraction of sp³-hybridized carbons (Fsp3) is 0.538. The molecule has 1 fully saturated rings. The molecule has 1 aliphatic heterocycles. The lowest BCUT2D eigenvalue weighted by molar-refractivity contribution is -0.384. The molecule has 0 aromatic heterocycles. The van der Waals surface area contributed by atoms with Crippen molar-refractivity contribution >= 4 is 18.1 Å². The van der Waals surface area contributed by atoms with Crippen molar-refractivity contribution < 1.29 is 4.92 Å². The highest BCUT2D eigenvalue weighted by Crippen LogP contribution is 2.25. The van der Waals surface area contributed by atoms with Gasteiger partial charge in [0.05, 0.1) is 4.92 Å². The number of hydrogen-bond acceptors (Lipinski definition) is 4. The van der Waals surface area contributed by atoms with Gasteiger partial charge in [-0.1, -0.05) is 12.1 Å². The summed E-state index contributed by atoms with van der Waals surface area (Å²) in [5.41, 5.74) is 6.86. The standard InChI is InChI=1S/C13H19N3O2.ClH/c1-10-5-12(7-14)9-15(10)8-11-3-2-4-13(6-11)16(17)18;/h2-4,6,10,12H,5,7-9,14H2,1H3;1H. The normalized spacial score (nSPS) is 23.1. The zero-order valence-electron chi connectivity index (χ0n) is 11.0. The minimum atomic E-state index is -0.348. The fourth-order valence-electron chi connectivity index (χ4n) is 2.61. The summed E-state index contributed by atoms with van der Waals surface area (Å²) in [6, 6.07) is 7.37. The van der Waals surface area contributed by atoms with Crippen molar-refractivity contribution in [2.45, 2.75) is 25.9 Å². The number of nitrogens with zero attached hydrogens (tertiary/aromatic N) is 2. The monoisotopic (exact) mass is 285 g/mol. The van der Waals surface area contributed by atoms with Crippen molar-refractivity contribution in [3.8, 4) is 0 Å². The molecule has 1 aromatic carbocycles. The van der Waals surface area contributed by atoms with E-state index in [0.29, 0.717) is 12.0 Å². The van der Waals surface area contributed by atoms with Crippen LogP contribution in [0.3, 0.4) is 0 Å². The lowest BCUT2D eigenvalue weighted by Gasteiger charge is -2.20. The van der Waals surface area contributed by atoms with Gasteiger partial charge in [0.2, 0.25) is 0 Å². The molecule has 1 heterocycles. The first-order chi connectivity index (χ1) is 8.60. The zero-order valence-corrected chi connectivity index (χ0v) is 11.8. The van der Waals surface area contributed by atoms with Crippen LogP contribution in [0.15, 0.2) is 24.3 Å². The highest BCUT2D eigenvalue weighted by molar-refractivity contribution is 5.85. The lowest BCUT2D eigenvalue weighted by atomic mass is 10.1. The molecule has 1 saturated heterocycles. The molecule has 106 valence electrons. The van der Waals surface area contributed by atoms with Crippen LogP contribution in [0.5, 0.6) is 0 Å². The number of nitro groups is 1. The van der Waals surface area contributed by atoms with Crippen LogP contribution in [0.4, 0.5) is 5.69 Å². The average Bonchev–Trinajstić information content (AvgIpc) is 2.70. The summed E-state index contributed by atoms with van der Waals surface area (Å²) in [6.45, 7) is 4.66. The van der Waals surface area contributed by atoms with Crippen molar-refractivity contribution in [2.75, 3.05) is 13.1 Å². The zero-order chi connectivity index (χ0) is 13.1. The Bertz CT molecular complexity index is 442. The van der Waals surface area contributed by atoms with Gasteiger partial charge in [-0.25, -0.2) is 0 Å². The largest absolute Gasteiger partial charge is 0.330 e. The van der Waals surface area contributed by atoms with Crippen LogP contribution in [-0.4, -0.2) is 29.0 Å². The number of rotatable bonds is 4. The number of benzene rings is 1. The molecule has 1 aromatic rings. The maximum atomic E-state index is 10.7. The Balaban J connectivity index is 0.00000180. The summed E-state index contributed by atoms with van der Waals surface area (Å²) in [7, 11) is 0. The van der Waals surface area contributed by atoms with Gasteiger partial charge in [-0.2, -0.15) is 0 Å². The average molecular weight is 286 g/mol. The molecule has 2 unspecified atom stereocenters. The van der Waals surface area contributed by atoms with Crippen molar-refractivity contribution in [1.82, 2.24) is 4.90 Å². The minimum absolute atomic E-state index is 0. The number of nitrogens with two attached hydrogens (primary N) is 1. The third-order valence-corrected chi connectivity index (χ3v) is 3.63. The number of halogens is 1. The third-order valence-electron chi connectivity index (χ3n) is 3.63. The predicted octanol–water partition coefficient (Wildman–Crippen LogP) is 2.19. The molecule has 19 heavy (non-hydrogen) atoms.